The third-order valence-corrected chi connectivity index (χ3v) is 5.89. The van der Waals surface area contributed by atoms with Gasteiger partial charge in [0.25, 0.3) is 5.91 Å². The van der Waals surface area contributed by atoms with Gasteiger partial charge in [-0.05, 0) is 25.1 Å². The van der Waals surface area contributed by atoms with Gasteiger partial charge in [-0.1, -0.05) is 0 Å². The average molecular weight is 494 g/mol. The number of anilines is 1. The molecular weight excluding hydrogens is 481 g/mol. The molecule has 34 heavy (non-hydrogen) atoms. The van der Waals surface area contributed by atoms with E-state index in [0.29, 0.717) is 11.3 Å². The topological polar surface area (TPSA) is 159 Å². The fourth-order valence-corrected chi connectivity index (χ4v) is 4.26. The largest absolute Gasteiger partial charge is 0.464 e. The number of halogens is 3. The minimum Gasteiger partial charge on any atom is -0.464 e. The summed E-state index contributed by atoms with van der Waals surface area (Å²) in [6.45, 7) is 0.921. The quantitative estimate of drug-likeness (QED) is 0.305. The molecule has 4 aromatic heterocycles. The van der Waals surface area contributed by atoms with Crippen LogP contribution in [0.5, 0.6) is 0 Å². The van der Waals surface area contributed by atoms with Crippen LogP contribution in [0.3, 0.4) is 0 Å². The molecule has 4 heterocycles. The fourth-order valence-electron chi connectivity index (χ4n) is 3.25. The zero-order valence-electron chi connectivity index (χ0n) is 17.0. The third kappa shape index (κ3) is 4.07. The number of thiophene rings is 1. The molecule has 4 aromatic rings. The molecule has 0 unspecified atom stereocenters. The number of carbonyl (C=O) groups excluding carboxylic acids is 2. The van der Waals surface area contributed by atoms with Crippen LogP contribution in [0.15, 0.2) is 35.1 Å². The number of nitrogens with two attached hydrogens (primary N) is 1. The first-order valence-corrected chi connectivity index (χ1v) is 10.1. The van der Waals surface area contributed by atoms with E-state index in [9.17, 15) is 32.9 Å². The fraction of sp³-hybridized carbons (Fsp3) is 0.158. The normalized spacial score (nSPS) is 11.6. The second-order valence-corrected chi connectivity index (χ2v) is 7.96. The Morgan fingerprint density at radius 1 is 1.38 bits per heavy atom. The highest BCUT2D eigenvalue weighted by Crippen LogP contribution is 2.43. The van der Waals surface area contributed by atoms with Crippen molar-refractivity contribution in [1.29, 1.82) is 0 Å². The van der Waals surface area contributed by atoms with Gasteiger partial charge in [0.1, 0.15) is 39.6 Å². The number of aromatic nitrogens is 3. The van der Waals surface area contributed by atoms with E-state index in [0.717, 1.165) is 16.9 Å². The lowest BCUT2D eigenvalue weighted by Crippen LogP contribution is -2.22. The number of rotatable bonds is 6. The average Bonchev–Trinajstić information content (AvgIpc) is 3.47. The molecule has 2 amide bonds. The summed E-state index contributed by atoms with van der Waals surface area (Å²) in [5, 5.41) is 17.3. The van der Waals surface area contributed by atoms with Crippen LogP contribution in [0.2, 0.25) is 0 Å². The highest BCUT2D eigenvalue weighted by atomic mass is 32.1. The van der Waals surface area contributed by atoms with Gasteiger partial charge in [-0.2, -0.15) is 18.3 Å². The number of furan rings is 1. The van der Waals surface area contributed by atoms with Crippen molar-refractivity contribution in [2.45, 2.75) is 19.6 Å². The number of nitro groups is 1. The number of fused-ring (bicyclic) bond motifs is 1. The number of pyridine rings is 1. The minimum absolute atomic E-state index is 0.0262. The summed E-state index contributed by atoms with van der Waals surface area (Å²) in [7, 11) is 0. The van der Waals surface area contributed by atoms with Gasteiger partial charge in [0, 0.05) is 10.9 Å². The molecule has 0 radical (unpaired) electrons. The molecule has 0 bridgehead atoms. The first kappa shape index (κ1) is 22.9. The summed E-state index contributed by atoms with van der Waals surface area (Å²) in [6, 6.07) is 3.62. The van der Waals surface area contributed by atoms with E-state index in [1.165, 1.54) is 25.3 Å². The molecular formula is C19H13F3N6O5S. The Labute approximate surface area is 191 Å². The van der Waals surface area contributed by atoms with Crippen LogP contribution in [0.4, 0.5) is 24.5 Å². The molecule has 0 aromatic carbocycles. The smallest absolute Gasteiger partial charge is 0.433 e. The maximum absolute atomic E-state index is 13.4. The Hall–Kier alpha value is -4.27. The lowest BCUT2D eigenvalue weighted by atomic mass is 10.1. The van der Waals surface area contributed by atoms with E-state index in [2.05, 4.69) is 15.4 Å². The van der Waals surface area contributed by atoms with Crippen molar-refractivity contribution in [1.82, 2.24) is 14.8 Å². The highest BCUT2D eigenvalue weighted by Gasteiger charge is 2.35. The molecule has 11 nitrogen and oxygen atoms in total. The summed E-state index contributed by atoms with van der Waals surface area (Å²) in [5.74, 6) is -1.71. The molecule has 0 saturated carbocycles. The summed E-state index contributed by atoms with van der Waals surface area (Å²) in [5.41, 5.74) is 3.80. The number of hydrogen-bond donors (Lipinski definition) is 2. The Morgan fingerprint density at radius 3 is 2.68 bits per heavy atom. The lowest BCUT2D eigenvalue weighted by Gasteiger charge is -2.11. The van der Waals surface area contributed by atoms with E-state index in [-0.39, 0.29) is 43.5 Å². The Kier molecular flexibility index (Phi) is 5.56. The van der Waals surface area contributed by atoms with Gasteiger partial charge in [-0.15, -0.1) is 11.3 Å². The minimum atomic E-state index is -4.79. The first-order chi connectivity index (χ1) is 16.0. The van der Waals surface area contributed by atoms with E-state index >= 15 is 0 Å². The van der Waals surface area contributed by atoms with Gasteiger partial charge < -0.3 is 15.5 Å². The standard InChI is InChI=1S/C19H13F3N6O5S/c1-8-10(28(31)32)6-24-27(8)7-13(29)26-15-14-9(11-3-2-4-33-11)5-12(19(20,21)22)25-18(14)34-16(15)17(23)30/h2-6H,7H2,1H3,(H2,23,30)(H,26,29). The molecule has 0 aliphatic rings. The number of carbonyl (C=O) groups is 2. The van der Waals surface area contributed by atoms with Gasteiger partial charge in [0.2, 0.25) is 5.91 Å². The summed E-state index contributed by atoms with van der Waals surface area (Å²) >= 11 is 0.579. The number of alkyl halides is 3. The number of primary amides is 1. The van der Waals surface area contributed by atoms with Crippen LogP contribution in [-0.2, 0) is 17.5 Å². The van der Waals surface area contributed by atoms with Crippen LogP contribution in [0.25, 0.3) is 21.5 Å². The maximum atomic E-state index is 13.4. The molecule has 0 aliphatic carbocycles. The summed E-state index contributed by atoms with van der Waals surface area (Å²) in [6.07, 6.45) is -2.56. The van der Waals surface area contributed by atoms with Crippen LogP contribution in [0, 0.1) is 17.0 Å². The number of nitrogens with zero attached hydrogens (tertiary/aromatic N) is 4. The van der Waals surface area contributed by atoms with Crippen molar-refractivity contribution in [2.24, 2.45) is 5.73 Å². The molecule has 0 aliphatic heterocycles. The SMILES string of the molecule is Cc1c([N+](=O)[O-])cnn1CC(=O)Nc1c(C(N)=O)sc2nc(C(F)(F)F)cc(-c3ccco3)c12. The van der Waals surface area contributed by atoms with Crippen LogP contribution >= 0.6 is 11.3 Å². The van der Waals surface area contributed by atoms with E-state index < -0.39 is 35.2 Å². The molecule has 3 N–H and O–H groups in total. The van der Waals surface area contributed by atoms with Crippen LogP contribution < -0.4 is 11.1 Å². The maximum Gasteiger partial charge on any atom is 0.433 e. The van der Waals surface area contributed by atoms with Crippen LogP contribution in [0.1, 0.15) is 21.1 Å². The van der Waals surface area contributed by atoms with Gasteiger partial charge in [0.15, 0.2) is 0 Å². The first-order valence-electron chi connectivity index (χ1n) is 9.32. The van der Waals surface area contributed by atoms with Gasteiger partial charge in [-0.3, -0.25) is 24.4 Å². The van der Waals surface area contributed by atoms with Gasteiger partial charge in [-0.25, -0.2) is 4.98 Å². The zero-order chi connectivity index (χ0) is 24.8. The highest BCUT2D eigenvalue weighted by molar-refractivity contribution is 7.21. The number of nitrogens with one attached hydrogen (secondary N) is 1. The Bertz CT molecular complexity index is 1440. The molecule has 176 valence electrons. The van der Waals surface area contributed by atoms with Crippen molar-refractivity contribution in [2.75, 3.05) is 5.32 Å². The lowest BCUT2D eigenvalue weighted by molar-refractivity contribution is -0.385. The molecule has 15 heteroatoms. The summed E-state index contributed by atoms with van der Waals surface area (Å²) in [4.78, 5) is 38.3. The molecule has 0 fully saturated rings. The predicted octanol–water partition coefficient (Wildman–Crippen LogP) is 3.73. The predicted molar refractivity (Wildman–Crippen MR) is 113 cm³/mol. The van der Waals surface area contributed by atoms with Crippen molar-refractivity contribution in [3.8, 4) is 11.3 Å². The third-order valence-electron chi connectivity index (χ3n) is 4.79. The van der Waals surface area contributed by atoms with E-state index in [4.69, 9.17) is 10.2 Å². The van der Waals surface area contributed by atoms with Crippen molar-refractivity contribution in [3.05, 3.63) is 57.0 Å². The van der Waals surface area contributed by atoms with Crippen molar-refractivity contribution < 1.29 is 32.1 Å². The second-order valence-electron chi connectivity index (χ2n) is 6.96. The Balaban J connectivity index is 1.83. The van der Waals surface area contributed by atoms with Crippen LogP contribution in [-0.4, -0.2) is 31.5 Å². The molecule has 4 rings (SSSR count). The number of amides is 2. The van der Waals surface area contributed by atoms with Gasteiger partial charge >= 0.3 is 11.9 Å². The van der Waals surface area contributed by atoms with Crippen molar-refractivity contribution in [3.63, 3.8) is 0 Å². The second kappa shape index (κ2) is 8.26. The monoisotopic (exact) mass is 494 g/mol. The van der Waals surface area contributed by atoms with Gasteiger partial charge in [0.05, 0.1) is 16.9 Å². The molecule has 0 atom stereocenters. The summed E-state index contributed by atoms with van der Waals surface area (Å²) < 4.78 is 46.7. The zero-order valence-corrected chi connectivity index (χ0v) is 17.9. The Morgan fingerprint density at radius 2 is 2.12 bits per heavy atom. The van der Waals surface area contributed by atoms with E-state index in [1.807, 2.05) is 0 Å². The molecule has 0 saturated heterocycles. The van der Waals surface area contributed by atoms with E-state index in [1.54, 1.807) is 0 Å². The number of hydrogen-bond acceptors (Lipinski definition) is 8. The van der Waals surface area contributed by atoms with Crippen molar-refractivity contribution >= 4 is 44.7 Å². The molecule has 0 spiro atoms.